The topological polar surface area (TPSA) is 50.1 Å². The summed E-state index contributed by atoms with van der Waals surface area (Å²) in [5.41, 5.74) is 2.17. The van der Waals surface area contributed by atoms with E-state index in [1.165, 1.54) is 18.2 Å². The van der Waals surface area contributed by atoms with Crippen molar-refractivity contribution < 1.29 is 0 Å². The van der Waals surface area contributed by atoms with Crippen LogP contribution in [0.3, 0.4) is 0 Å². The molecule has 0 spiro atoms. The molecule has 3 rings (SSSR count). The van der Waals surface area contributed by atoms with Crippen molar-refractivity contribution in [3.05, 3.63) is 12.0 Å². The van der Waals surface area contributed by atoms with Crippen molar-refractivity contribution in [2.75, 3.05) is 32.1 Å². The van der Waals surface area contributed by atoms with Crippen molar-refractivity contribution in [1.82, 2.24) is 24.6 Å². The zero-order valence-electron chi connectivity index (χ0n) is 17.1. The highest BCUT2D eigenvalue weighted by Crippen LogP contribution is 2.30. The monoisotopic (exact) mass is 358 g/mol. The molecule has 0 saturated carbocycles. The number of piperidine rings is 1. The number of hydrogen-bond donors (Lipinski definition) is 0. The highest BCUT2D eigenvalue weighted by molar-refractivity contribution is 5.90. The molecule has 144 valence electrons. The molecule has 3 heterocycles. The first-order valence-electron chi connectivity index (χ1n) is 10.1. The second-order valence-corrected chi connectivity index (χ2v) is 8.22. The Morgan fingerprint density at radius 1 is 1.27 bits per heavy atom. The van der Waals surface area contributed by atoms with Crippen LogP contribution >= 0.6 is 0 Å². The second-order valence-electron chi connectivity index (χ2n) is 8.22. The Labute approximate surface area is 157 Å². The van der Waals surface area contributed by atoms with Crippen LogP contribution in [0.2, 0.25) is 0 Å². The number of hydrogen-bond acceptors (Lipinski definition) is 5. The molecule has 1 aliphatic heterocycles. The van der Waals surface area contributed by atoms with E-state index in [1.54, 1.807) is 6.33 Å². The quantitative estimate of drug-likeness (QED) is 0.760. The first-order chi connectivity index (χ1) is 12.5. The average Bonchev–Trinajstić information content (AvgIpc) is 2.97. The molecule has 26 heavy (non-hydrogen) atoms. The highest BCUT2D eigenvalue weighted by atomic mass is 15.3. The van der Waals surface area contributed by atoms with Crippen LogP contribution in [-0.4, -0.2) is 57.9 Å². The van der Waals surface area contributed by atoms with Gasteiger partial charge in [-0.2, -0.15) is 5.10 Å². The Morgan fingerprint density at radius 2 is 2.08 bits per heavy atom. The summed E-state index contributed by atoms with van der Waals surface area (Å²) in [5.74, 6) is 1.65. The molecule has 2 aromatic rings. The largest absolute Gasteiger partial charge is 0.354 e. The van der Waals surface area contributed by atoms with Crippen LogP contribution in [0, 0.1) is 5.92 Å². The van der Waals surface area contributed by atoms with Gasteiger partial charge in [0.05, 0.1) is 11.1 Å². The third-order valence-corrected chi connectivity index (χ3v) is 5.33. The van der Waals surface area contributed by atoms with Crippen LogP contribution < -0.4 is 4.90 Å². The minimum absolute atomic E-state index is 0.566. The summed E-state index contributed by atoms with van der Waals surface area (Å²) >= 11 is 0. The van der Waals surface area contributed by atoms with Crippen molar-refractivity contribution >= 4 is 16.9 Å². The Hall–Kier alpha value is -1.69. The fourth-order valence-electron chi connectivity index (χ4n) is 3.87. The minimum Gasteiger partial charge on any atom is -0.354 e. The summed E-state index contributed by atoms with van der Waals surface area (Å²) in [4.78, 5) is 14.1. The normalized spacial score (nSPS) is 18.4. The number of aromatic nitrogens is 4. The summed E-state index contributed by atoms with van der Waals surface area (Å²) in [6, 6.07) is 0.581. The fraction of sp³-hybridized carbons (Fsp3) is 0.750. The molecule has 1 unspecified atom stereocenters. The first kappa shape index (κ1) is 19.1. The van der Waals surface area contributed by atoms with Gasteiger partial charge in [0.25, 0.3) is 0 Å². The van der Waals surface area contributed by atoms with Crippen molar-refractivity contribution in [3.63, 3.8) is 0 Å². The Kier molecular flexibility index (Phi) is 6.12. The van der Waals surface area contributed by atoms with Gasteiger partial charge in [0.2, 0.25) is 0 Å². The van der Waals surface area contributed by atoms with Crippen molar-refractivity contribution in [2.45, 2.75) is 65.5 Å². The maximum Gasteiger partial charge on any atom is 0.163 e. The smallest absolute Gasteiger partial charge is 0.163 e. The molecule has 2 aromatic heterocycles. The van der Waals surface area contributed by atoms with Gasteiger partial charge in [-0.05, 0) is 45.7 Å². The molecule has 1 saturated heterocycles. The molecule has 0 amide bonds. The number of fused-ring (bicyclic) bond motifs is 1. The van der Waals surface area contributed by atoms with Crippen LogP contribution in [0.4, 0.5) is 5.82 Å². The van der Waals surface area contributed by atoms with Crippen LogP contribution in [0.1, 0.15) is 52.1 Å². The van der Waals surface area contributed by atoms with Gasteiger partial charge in [0.1, 0.15) is 12.1 Å². The lowest BCUT2D eigenvalue weighted by Crippen LogP contribution is -2.45. The van der Waals surface area contributed by atoms with E-state index < -0.39 is 0 Å². The fourth-order valence-corrected chi connectivity index (χ4v) is 3.87. The predicted molar refractivity (Wildman–Crippen MR) is 108 cm³/mol. The van der Waals surface area contributed by atoms with Gasteiger partial charge in [-0.1, -0.05) is 27.2 Å². The van der Waals surface area contributed by atoms with Crippen LogP contribution in [-0.2, 0) is 13.0 Å². The van der Waals surface area contributed by atoms with Crippen molar-refractivity contribution in [2.24, 2.45) is 5.92 Å². The number of aryl methyl sites for hydroxylation is 1. The van der Waals surface area contributed by atoms with Crippen LogP contribution in [0.5, 0.6) is 0 Å². The summed E-state index contributed by atoms with van der Waals surface area (Å²) in [6.45, 7) is 9.75. The van der Waals surface area contributed by atoms with E-state index in [9.17, 15) is 0 Å². The lowest BCUT2D eigenvalue weighted by Gasteiger charge is -2.37. The lowest BCUT2D eigenvalue weighted by molar-refractivity contribution is 0.257. The molecular weight excluding hydrogens is 324 g/mol. The van der Waals surface area contributed by atoms with Gasteiger partial charge < -0.3 is 9.80 Å². The second kappa shape index (κ2) is 8.33. The highest BCUT2D eigenvalue weighted by Gasteiger charge is 2.26. The average molecular weight is 359 g/mol. The van der Waals surface area contributed by atoms with Crippen LogP contribution in [0.25, 0.3) is 11.0 Å². The zero-order chi connectivity index (χ0) is 18.7. The standard InChI is InChI=1S/C20H34N6/c1-6-7-11-26-20-18(17(23-26)12-15(2)3)19(21-14-22-20)25-10-8-9-16(13-25)24(4)5/h14-16H,6-13H2,1-5H3. The Bertz CT molecular complexity index is 720. The molecule has 6 nitrogen and oxygen atoms in total. The molecule has 1 fully saturated rings. The van der Waals surface area contributed by atoms with Crippen molar-refractivity contribution in [3.8, 4) is 0 Å². The molecule has 0 radical (unpaired) electrons. The molecule has 6 heteroatoms. The molecule has 1 aliphatic rings. The molecular formula is C20H34N6. The third kappa shape index (κ3) is 4.00. The van der Waals surface area contributed by atoms with E-state index in [-0.39, 0.29) is 0 Å². The summed E-state index contributed by atoms with van der Waals surface area (Å²) in [7, 11) is 4.35. The number of likely N-dealkylation sites (N-methyl/N-ethyl adjacent to an activating group) is 1. The minimum atomic E-state index is 0.566. The van der Waals surface area contributed by atoms with E-state index in [0.29, 0.717) is 12.0 Å². The van der Waals surface area contributed by atoms with Gasteiger partial charge in [0.15, 0.2) is 5.65 Å². The molecule has 0 aliphatic carbocycles. The van der Waals surface area contributed by atoms with E-state index in [4.69, 9.17) is 10.1 Å². The van der Waals surface area contributed by atoms with E-state index in [0.717, 1.165) is 56.1 Å². The van der Waals surface area contributed by atoms with Gasteiger partial charge in [-0.15, -0.1) is 0 Å². The van der Waals surface area contributed by atoms with Crippen molar-refractivity contribution in [1.29, 1.82) is 0 Å². The molecule has 0 bridgehead atoms. The van der Waals surface area contributed by atoms with Gasteiger partial charge in [0, 0.05) is 25.7 Å². The summed E-state index contributed by atoms with van der Waals surface area (Å²) in [5, 5.41) is 6.13. The van der Waals surface area contributed by atoms with Gasteiger partial charge in [-0.25, -0.2) is 14.6 Å². The van der Waals surface area contributed by atoms with E-state index in [1.807, 2.05) is 0 Å². The van der Waals surface area contributed by atoms with E-state index >= 15 is 0 Å². The molecule has 0 N–H and O–H groups in total. The third-order valence-electron chi connectivity index (χ3n) is 5.33. The van der Waals surface area contributed by atoms with E-state index in [2.05, 4.69) is 54.3 Å². The Morgan fingerprint density at radius 3 is 2.77 bits per heavy atom. The lowest BCUT2D eigenvalue weighted by atomic mass is 10.0. The number of unbranched alkanes of at least 4 members (excludes halogenated alkanes) is 1. The predicted octanol–water partition coefficient (Wildman–Crippen LogP) is 3.36. The maximum absolute atomic E-state index is 4.95. The summed E-state index contributed by atoms with van der Waals surface area (Å²) < 4.78 is 2.11. The Balaban J connectivity index is 2.03. The van der Waals surface area contributed by atoms with Crippen LogP contribution in [0.15, 0.2) is 6.33 Å². The van der Waals surface area contributed by atoms with Gasteiger partial charge >= 0.3 is 0 Å². The molecule has 0 aromatic carbocycles. The zero-order valence-corrected chi connectivity index (χ0v) is 17.1. The number of anilines is 1. The number of nitrogens with zero attached hydrogens (tertiary/aromatic N) is 6. The SMILES string of the molecule is CCCCn1nc(CC(C)C)c2c(N3CCCC(N(C)C)C3)ncnc21. The summed E-state index contributed by atoms with van der Waals surface area (Å²) in [6.07, 6.45) is 7.45. The maximum atomic E-state index is 4.95. The molecule has 1 atom stereocenters. The van der Waals surface area contributed by atoms with Gasteiger partial charge in [-0.3, -0.25) is 0 Å². The first-order valence-corrected chi connectivity index (χ1v) is 10.1. The number of rotatable bonds is 7.